The molecule has 0 aliphatic carbocycles. The Morgan fingerprint density at radius 2 is 1.09 bits per heavy atom. The molecule has 12 nitrogen and oxygen atoms in total. The Hall–Kier alpha value is -5.08. The molecule has 45 heavy (non-hydrogen) atoms. The highest BCUT2D eigenvalue weighted by molar-refractivity contribution is 7.20. The number of Topliss-reactive ketones (excluding diaryl/α,β-unsaturated/α-hetero) is 2. The zero-order valence-electron chi connectivity index (χ0n) is 23.9. The number of rotatable bonds is 12. The number of thiazole rings is 2. The summed E-state index contributed by atoms with van der Waals surface area (Å²) in [6, 6.07) is 10.8. The van der Waals surface area contributed by atoms with E-state index in [9.17, 15) is 19.2 Å². The third-order valence-electron chi connectivity index (χ3n) is 7.12. The molecule has 1 aliphatic rings. The van der Waals surface area contributed by atoms with Gasteiger partial charge in [-0.25, -0.2) is 9.97 Å². The lowest BCUT2D eigenvalue weighted by Gasteiger charge is -2.17. The maximum Gasteiger partial charge on any atom is 0.303 e. The number of nitrogens with zero attached hydrogens (tertiary/aromatic N) is 2. The molecular weight excluding hydrogens is 624 g/mol. The number of carbonyl (C=O) groups is 4. The van der Waals surface area contributed by atoms with Gasteiger partial charge in [-0.3, -0.25) is 19.2 Å². The summed E-state index contributed by atoms with van der Waals surface area (Å²) in [4.78, 5) is 56.1. The Labute approximate surface area is 262 Å². The minimum absolute atomic E-state index is 0.0396. The van der Waals surface area contributed by atoms with E-state index < -0.39 is 11.9 Å². The molecular formula is C31H24N2O10S2. The summed E-state index contributed by atoms with van der Waals surface area (Å²) in [5, 5.41) is 18.4. The number of carboxylic acid groups (broad SMARTS) is 2. The van der Waals surface area contributed by atoms with Crippen LogP contribution >= 0.6 is 22.7 Å². The topological polar surface area (TPSA) is 171 Å². The van der Waals surface area contributed by atoms with Gasteiger partial charge in [-0.15, -0.1) is 22.7 Å². The number of carbonyl (C=O) groups excluding carboxylic acids is 2. The van der Waals surface area contributed by atoms with E-state index in [2.05, 4.69) is 9.97 Å². The van der Waals surface area contributed by atoms with Crippen LogP contribution in [0.15, 0.2) is 36.4 Å². The van der Waals surface area contributed by atoms with Crippen molar-refractivity contribution in [2.24, 2.45) is 0 Å². The molecule has 5 aromatic rings. The Bertz CT molecular complexity index is 1890. The van der Waals surface area contributed by atoms with E-state index in [1.54, 1.807) is 12.1 Å². The molecule has 0 unspecified atom stereocenters. The molecule has 6 rings (SSSR count). The third kappa shape index (κ3) is 5.89. The van der Waals surface area contributed by atoms with Crippen LogP contribution in [0.3, 0.4) is 0 Å². The van der Waals surface area contributed by atoms with E-state index in [0.29, 0.717) is 65.7 Å². The molecule has 0 spiro atoms. The molecule has 0 saturated heterocycles. The highest BCUT2D eigenvalue weighted by atomic mass is 32.1. The van der Waals surface area contributed by atoms with Crippen LogP contribution in [-0.4, -0.2) is 64.7 Å². The van der Waals surface area contributed by atoms with Crippen LogP contribution in [0, 0.1) is 0 Å². The zero-order chi connectivity index (χ0) is 31.8. The number of hydrogen-bond donors (Lipinski definition) is 2. The van der Waals surface area contributed by atoms with Crippen molar-refractivity contribution in [2.75, 3.05) is 21.0 Å². The van der Waals surface area contributed by atoms with Crippen molar-refractivity contribution < 1.29 is 48.3 Å². The SMILES string of the molecule is COc1cc2nc(C(=O)CCC(=O)O)sc2cc1-c1cc2c(cc1-c1cc3sc(C(=O)CCC(=O)O)nc3cc1OC)OCO2. The second-order valence-electron chi connectivity index (χ2n) is 9.96. The first kappa shape index (κ1) is 30.0. The van der Waals surface area contributed by atoms with Crippen molar-refractivity contribution in [1.29, 1.82) is 0 Å². The lowest BCUT2D eigenvalue weighted by Crippen LogP contribution is -2.03. The Kier molecular flexibility index (Phi) is 8.08. The number of aromatic nitrogens is 2. The van der Waals surface area contributed by atoms with Gasteiger partial charge in [0.2, 0.25) is 6.79 Å². The third-order valence-corrected chi connectivity index (χ3v) is 9.24. The standard InChI is InChI=1S/C31H24N2O10S2/c1-40-22-11-18-26(44-30(32-18)20(34)3-5-28(36)37)9-16(22)14-7-24-25(43-13-42-24)8-15(14)17-10-27-19(12-23(17)41-2)33-31(45-27)21(35)4-6-29(38)39/h7-12H,3-6,13H2,1-2H3,(H,36,37)(H,38,39). The highest BCUT2D eigenvalue weighted by Crippen LogP contribution is 2.49. The van der Waals surface area contributed by atoms with Gasteiger partial charge in [0.05, 0.1) is 47.5 Å². The van der Waals surface area contributed by atoms with Gasteiger partial charge < -0.3 is 29.2 Å². The summed E-state index contributed by atoms with van der Waals surface area (Å²) in [5.74, 6) is -0.836. The molecule has 0 fully saturated rings. The fourth-order valence-electron chi connectivity index (χ4n) is 4.95. The van der Waals surface area contributed by atoms with Crippen LogP contribution in [0.1, 0.15) is 45.3 Å². The molecule has 14 heteroatoms. The van der Waals surface area contributed by atoms with E-state index in [1.807, 2.05) is 24.3 Å². The Balaban J connectivity index is 1.49. The van der Waals surface area contributed by atoms with E-state index >= 15 is 0 Å². The molecule has 0 radical (unpaired) electrons. The van der Waals surface area contributed by atoms with Gasteiger partial charge in [-0.2, -0.15) is 0 Å². The first-order valence-electron chi connectivity index (χ1n) is 13.6. The molecule has 2 aromatic heterocycles. The molecule has 230 valence electrons. The van der Waals surface area contributed by atoms with E-state index in [-0.39, 0.29) is 54.1 Å². The molecule has 3 aromatic carbocycles. The minimum Gasteiger partial charge on any atom is -0.496 e. The first-order chi connectivity index (χ1) is 21.6. The highest BCUT2D eigenvalue weighted by Gasteiger charge is 2.25. The van der Waals surface area contributed by atoms with Crippen molar-refractivity contribution in [1.82, 2.24) is 9.97 Å². The van der Waals surface area contributed by atoms with Gasteiger partial charge in [0.1, 0.15) is 11.5 Å². The second kappa shape index (κ2) is 12.1. The molecule has 0 amide bonds. The number of ketones is 2. The molecule has 2 N–H and O–H groups in total. The minimum atomic E-state index is -1.06. The number of ether oxygens (including phenoxy) is 4. The molecule has 1 aliphatic heterocycles. The van der Waals surface area contributed by atoms with Crippen LogP contribution in [0.5, 0.6) is 23.0 Å². The predicted molar refractivity (Wildman–Crippen MR) is 165 cm³/mol. The van der Waals surface area contributed by atoms with Crippen LogP contribution in [0.25, 0.3) is 42.7 Å². The van der Waals surface area contributed by atoms with Gasteiger partial charge in [0, 0.05) is 36.1 Å². The van der Waals surface area contributed by atoms with Gasteiger partial charge in [0.25, 0.3) is 0 Å². The number of fused-ring (bicyclic) bond motifs is 3. The summed E-state index contributed by atoms with van der Waals surface area (Å²) < 4.78 is 24.4. The van der Waals surface area contributed by atoms with Crippen LogP contribution in [0.4, 0.5) is 0 Å². The average molecular weight is 649 g/mol. The summed E-state index contributed by atoms with van der Waals surface area (Å²) in [5.41, 5.74) is 3.80. The van der Waals surface area contributed by atoms with Gasteiger partial charge in [-0.05, 0) is 35.4 Å². The quantitative estimate of drug-likeness (QED) is 0.150. The average Bonchev–Trinajstić information content (AvgIpc) is 3.77. The molecule has 0 atom stereocenters. The van der Waals surface area contributed by atoms with Crippen molar-refractivity contribution in [2.45, 2.75) is 25.7 Å². The monoisotopic (exact) mass is 648 g/mol. The summed E-state index contributed by atoms with van der Waals surface area (Å²) in [6.45, 7) is 0.0396. The van der Waals surface area contributed by atoms with Gasteiger partial charge in [0.15, 0.2) is 33.1 Å². The second-order valence-corrected chi connectivity index (χ2v) is 12.0. The van der Waals surface area contributed by atoms with Crippen molar-refractivity contribution in [3.05, 3.63) is 46.4 Å². The smallest absolute Gasteiger partial charge is 0.303 e. The summed E-state index contributed by atoms with van der Waals surface area (Å²) >= 11 is 2.34. The Morgan fingerprint density at radius 3 is 1.47 bits per heavy atom. The van der Waals surface area contributed by atoms with Gasteiger partial charge >= 0.3 is 11.9 Å². The lowest BCUT2D eigenvalue weighted by atomic mass is 9.92. The summed E-state index contributed by atoms with van der Waals surface area (Å²) in [6.07, 6.45) is -0.877. The van der Waals surface area contributed by atoms with Crippen molar-refractivity contribution >= 4 is 66.6 Å². The van der Waals surface area contributed by atoms with E-state index in [1.165, 1.54) is 36.9 Å². The van der Waals surface area contributed by atoms with Crippen LogP contribution in [0.2, 0.25) is 0 Å². The number of carboxylic acids is 2. The zero-order valence-corrected chi connectivity index (χ0v) is 25.5. The molecule has 3 heterocycles. The van der Waals surface area contributed by atoms with Crippen LogP contribution in [-0.2, 0) is 9.59 Å². The summed E-state index contributed by atoms with van der Waals surface area (Å²) in [7, 11) is 3.05. The predicted octanol–water partition coefficient (Wildman–Crippen LogP) is 6.08. The fraction of sp³-hybridized carbons (Fsp3) is 0.226. The first-order valence-corrected chi connectivity index (χ1v) is 15.2. The number of aliphatic carboxylic acids is 2. The normalized spacial score (nSPS) is 12.0. The number of benzene rings is 3. The maximum atomic E-state index is 12.6. The van der Waals surface area contributed by atoms with Crippen molar-refractivity contribution in [3.63, 3.8) is 0 Å². The fourth-order valence-corrected chi connectivity index (χ4v) is 6.86. The number of hydrogen-bond acceptors (Lipinski definition) is 12. The molecule has 0 bridgehead atoms. The maximum absolute atomic E-state index is 12.6. The molecule has 0 saturated carbocycles. The lowest BCUT2D eigenvalue weighted by molar-refractivity contribution is -0.137. The van der Waals surface area contributed by atoms with E-state index in [0.717, 1.165) is 0 Å². The number of methoxy groups -OCH3 is 2. The largest absolute Gasteiger partial charge is 0.496 e. The Morgan fingerprint density at radius 1 is 0.667 bits per heavy atom. The van der Waals surface area contributed by atoms with E-state index in [4.69, 9.17) is 29.2 Å². The van der Waals surface area contributed by atoms with Crippen molar-refractivity contribution in [3.8, 4) is 45.3 Å². The van der Waals surface area contributed by atoms with Crippen LogP contribution < -0.4 is 18.9 Å². The van der Waals surface area contributed by atoms with Gasteiger partial charge in [-0.1, -0.05) is 0 Å².